The van der Waals surface area contributed by atoms with Crippen LogP contribution < -0.4 is 15.9 Å². The predicted molar refractivity (Wildman–Crippen MR) is 62.1 cm³/mol. The van der Waals surface area contributed by atoms with Crippen LogP contribution in [0.3, 0.4) is 0 Å². The van der Waals surface area contributed by atoms with Gasteiger partial charge in [-0.3, -0.25) is 4.79 Å². The van der Waals surface area contributed by atoms with E-state index >= 15 is 0 Å². The summed E-state index contributed by atoms with van der Waals surface area (Å²) in [7, 11) is -0.730. The van der Waals surface area contributed by atoms with Crippen molar-refractivity contribution in [2.24, 2.45) is 0 Å². The molecule has 1 aromatic rings. The maximum absolute atomic E-state index is 11.8. The SMILES string of the molecule is CB(O)N[C@H]1CNc2ncccc2NC1=O. The molecule has 16 heavy (non-hydrogen) atoms. The predicted octanol–water partition coefficient (Wildman–Crippen LogP) is -0.486. The summed E-state index contributed by atoms with van der Waals surface area (Å²) in [4.78, 5) is 15.9. The Bertz CT molecular complexity index is 399. The molecule has 6 nitrogen and oxygen atoms in total. The van der Waals surface area contributed by atoms with Crippen molar-refractivity contribution in [1.82, 2.24) is 10.2 Å². The fraction of sp³-hybridized carbons (Fsp3) is 0.333. The number of nitrogens with zero attached hydrogens (tertiary/aromatic N) is 1. The Balaban J connectivity index is 2.15. The van der Waals surface area contributed by atoms with E-state index in [4.69, 9.17) is 0 Å². The van der Waals surface area contributed by atoms with Gasteiger partial charge in [-0.1, -0.05) is 0 Å². The van der Waals surface area contributed by atoms with Gasteiger partial charge in [0.1, 0.15) is 5.82 Å². The highest BCUT2D eigenvalue weighted by molar-refractivity contribution is 6.46. The van der Waals surface area contributed by atoms with Gasteiger partial charge in [-0.2, -0.15) is 0 Å². The molecule has 0 aromatic carbocycles. The van der Waals surface area contributed by atoms with Crippen LogP contribution in [0.1, 0.15) is 0 Å². The number of fused-ring (bicyclic) bond motifs is 1. The Morgan fingerprint density at radius 2 is 2.50 bits per heavy atom. The molecule has 1 aliphatic heterocycles. The first-order valence-corrected chi connectivity index (χ1v) is 5.10. The van der Waals surface area contributed by atoms with Crippen LogP contribution >= 0.6 is 0 Å². The minimum Gasteiger partial charge on any atom is -0.437 e. The first kappa shape index (κ1) is 10.9. The van der Waals surface area contributed by atoms with E-state index in [0.29, 0.717) is 18.1 Å². The summed E-state index contributed by atoms with van der Waals surface area (Å²) in [6, 6.07) is 3.05. The molecular weight excluding hydrogens is 207 g/mol. The fourth-order valence-corrected chi connectivity index (χ4v) is 1.58. The highest BCUT2D eigenvalue weighted by Crippen LogP contribution is 2.20. The van der Waals surface area contributed by atoms with Crippen molar-refractivity contribution in [1.29, 1.82) is 0 Å². The van der Waals surface area contributed by atoms with Gasteiger partial charge in [-0.15, -0.1) is 0 Å². The van der Waals surface area contributed by atoms with Crippen LogP contribution in [0.5, 0.6) is 0 Å². The van der Waals surface area contributed by atoms with Crippen molar-refractivity contribution in [3.05, 3.63) is 18.3 Å². The standard InChI is InChI=1S/C9H13BN4O2/c1-10(16)14-7-5-12-8-6(13-9(7)15)3-2-4-11-8/h2-4,7,14,16H,5H2,1H3,(H,11,12)(H,13,15)/t7-/m0/s1. The number of hydrogen-bond acceptors (Lipinski definition) is 5. The molecule has 0 unspecified atom stereocenters. The summed E-state index contributed by atoms with van der Waals surface area (Å²) in [6.45, 7) is 1.96. The topological polar surface area (TPSA) is 86.3 Å². The molecule has 0 bridgehead atoms. The molecule has 0 saturated carbocycles. The van der Waals surface area contributed by atoms with Crippen molar-refractivity contribution < 1.29 is 9.82 Å². The number of rotatable bonds is 2. The number of pyridine rings is 1. The number of amides is 1. The van der Waals surface area contributed by atoms with E-state index in [9.17, 15) is 9.82 Å². The molecule has 0 saturated heterocycles. The number of carbonyl (C=O) groups is 1. The van der Waals surface area contributed by atoms with Crippen LogP contribution in [0.2, 0.25) is 6.82 Å². The van der Waals surface area contributed by atoms with Crippen LogP contribution in [0, 0.1) is 0 Å². The van der Waals surface area contributed by atoms with Crippen LogP contribution in [-0.2, 0) is 4.79 Å². The maximum Gasteiger partial charge on any atom is 0.374 e. The van der Waals surface area contributed by atoms with Gasteiger partial charge in [0.2, 0.25) is 5.91 Å². The Kier molecular flexibility index (Phi) is 3.07. The van der Waals surface area contributed by atoms with Crippen LogP contribution in [0.4, 0.5) is 11.5 Å². The zero-order valence-corrected chi connectivity index (χ0v) is 8.90. The third-order valence-electron chi connectivity index (χ3n) is 2.30. The second-order valence-electron chi connectivity index (χ2n) is 3.66. The average molecular weight is 220 g/mol. The molecule has 4 N–H and O–H groups in total. The van der Waals surface area contributed by atoms with Gasteiger partial charge in [-0.25, -0.2) is 4.98 Å². The summed E-state index contributed by atoms with van der Waals surface area (Å²) in [5, 5.41) is 17.7. The number of nitrogens with one attached hydrogen (secondary N) is 3. The minimum absolute atomic E-state index is 0.180. The minimum atomic E-state index is -0.730. The fourth-order valence-electron chi connectivity index (χ4n) is 1.58. The maximum atomic E-state index is 11.8. The highest BCUT2D eigenvalue weighted by atomic mass is 16.2. The molecule has 0 fully saturated rings. The summed E-state index contributed by atoms with van der Waals surface area (Å²) in [6.07, 6.45) is 1.65. The molecule has 0 radical (unpaired) electrons. The van der Waals surface area contributed by atoms with Crippen molar-refractivity contribution in [3.63, 3.8) is 0 Å². The van der Waals surface area contributed by atoms with Crippen molar-refractivity contribution in [2.45, 2.75) is 12.9 Å². The van der Waals surface area contributed by atoms with Crippen molar-refractivity contribution in [3.8, 4) is 0 Å². The first-order valence-electron chi connectivity index (χ1n) is 5.10. The van der Waals surface area contributed by atoms with Crippen molar-refractivity contribution in [2.75, 3.05) is 17.2 Å². The third kappa shape index (κ3) is 2.31. The number of aromatic nitrogens is 1. The van der Waals surface area contributed by atoms with Crippen molar-refractivity contribution >= 4 is 24.5 Å². The van der Waals surface area contributed by atoms with Crippen LogP contribution in [0.25, 0.3) is 0 Å². The molecule has 0 spiro atoms. The summed E-state index contributed by atoms with van der Waals surface area (Å²) >= 11 is 0. The molecule has 0 aliphatic carbocycles. The van der Waals surface area contributed by atoms with Crippen LogP contribution in [0.15, 0.2) is 18.3 Å². The van der Waals surface area contributed by atoms with Gasteiger partial charge in [0, 0.05) is 12.7 Å². The molecule has 2 rings (SSSR count). The van der Waals surface area contributed by atoms with Gasteiger partial charge < -0.3 is 20.9 Å². The third-order valence-corrected chi connectivity index (χ3v) is 2.30. The molecule has 84 valence electrons. The Morgan fingerprint density at radius 1 is 1.69 bits per heavy atom. The Morgan fingerprint density at radius 3 is 3.25 bits per heavy atom. The van der Waals surface area contributed by atoms with E-state index in [1.807, 2.05) is 0 Å². The molecule has 2 heterocycles. The lowest BCUT2D eigenvalue weighted by Crippen LogP contribution is -2.49. The van der Waals surface area contributed by atoms with Crippen LogP contribution in [-0.4, -0.2) is 35.6 Å². The number of hydrogen-bond donors (Lipinski definition) is 4. The van der Waals surface area contributed by atoms with Gasteiger partial charge in [0.15, 0.2) is 0 Å². The van der Waals surface area contributed by atoms with Gasteiger partial charge in [0.25, 0.3) is 0 Å². The molecule has 1 amide bonds. The Labute approximate surface area is 93.6 Å². The number of carbonyl (C=O) groups excluding carboxylic acids is 1. The lowest BCUT2D eigenvalue weighted by molar-refractivity contribution is -0.117. The second-order valence-corrected chi connectivity index (χ2v) is 3.66. The normalized spacial score (nSPS) is 19.1. The lowest BCUT2D eigenvalue weighted by Gasteiger charge is -2.15. The summed E-state index contributed by atoms with van der Waals surface area (Å²) in [5.41, 5.74) is 0.655. The van der Waals surface area contributed by atoms with E-state index in [2.05, 4.69) is 20.8 Å². The lowest BCUT2D eigenvalue weighted by atomic mass is 9.87. The summed E-state index contributed by atoms with van der Waals surface area (Å²) < 4.78 is 0. The zero-order valence-electron chi connectivity index (χ0n) is 8.90. The molecule has 1 atom stereocenters. The van der Waals surface area contributed by atoms with E-state index in [1.54, 1.807) is 25.2 Å². The Hall–Kier alpha value is -1.60. The molecule has 7 heteroatoms. The van der Waals surface area contributed by atoms with E-state index < -0.39 is 13.1 Å². The quantitative estimate of drug-likeness (QED) is 0.505. The summed E-state index contributed by atoms with van der Waals surface area (Å²) in [5.74, 6) is 0.464. The average Bonchev–Trinajstić information content (AvgIpc) is 2.39. The molecule has 1 aromatic heterocycles. The zero-order chi connectivity index (χ0) is 11.5. The van der Waals surface area contributed by atoms with E-state index in [0.717, 1.165) is 0 Å². The monoisotopic (exact) mass is 220 g/mol. The second kappa shape index (κ2) is 4.50. The molecular formula is C9H13BN4O2. The molecule has 1 aliphatic rings. The van der Waals surface area contributed by atoms with E-state index in [1.165, 1.54) is 0 Å². The number of anilines is 2. The van der Waals surface area contributed by atoms with Gasteiger partial charge >= 0.3 is 7.05 Å². The van der Waals surface area contributed by atoms with Gasteiger partial charge in [-0.05, 0) is 19.0 Å². The first-order chi connectivity index (χ1) is 7.66. The smallest absolute Gasteiger partial charge is 0.374 e. The largest absolute Gasteiger partial charge is 0.437 e. The van der Waals surface area contributed by atoms with Gasteiger partial charge in [0.05, 0.1) is 11.7 Å². The highest BCUT2D eigenvalue weighted by Gasteiger charge is 2.25. The van der Waals surface area contributed by atoms with E-state index in [-0.39, 0.29) is 5.91 Å².